The maximum atomic E-state index is 12.4. The van der Waals surface area contributed by atoms with Crippen molar-refractivity contribution in [2.45, 2.75) is 6.42 Å². The van der Waals surface area contributed by atoms with Gasteiger partial charge in [-0.3, -0.25) is 14.5 Å². The average molecular weight is 432 g/mol. The van der Waals surface area contributed by atoms with Crippen molar-refractivity contribution in [1.29, 1.82) is 0 Å². The smallest absolute Gasteiger partial charge is 0.336 e. The van der Waals surface area contributed by atoms with E-state index in [0.29, 0.717) is 28.3 Å². The van der Waals surface area contributed by atoms with Gasteiger partial charge in [0.15, 0.2) is 0 Å². The predicted molar refractivity (Wildman–Crippen MR) is 118 cm³/mol. The molecular weight excluding hydrogens is 414 g/mol. The summed E-state index contributed by atoms with van der Waals surface area (Å²) in [6.45, 7) is 0.287. The summed E-state index contributed by atoms with van der Waals surface area (Å²) in [4.78, 5) is 38.1. The summed E-state index contributed by atoms with van der Waals surface area (Å²) in [6, 6.07) is 20.9. The van der Waals surface area contributed by atoms with Crippen molar-refractivity contribution in [2.24, 2.45) is 0 Å². The van der Waals surface area contributed by atoms with E-state index >= 15 is 0 Å². The molecule has 0 aliphatic carbocycles. The molecule has 0 atom stereocenters. The third kappa shape index (κ3) is 4.73. The van der Waals surface area contributed by atoms with Crippen LogP contribution >= 0.6 is 11.6 Å². The lowest BCUT2D eigenvalue weighted by atomic mass is 10.1. The molecule has 0 fully saturated rings. The highest BCUT2D eigenvalue weighted by Crippen LogP contribution is 2.23. The van der Waals surface area contributed by atoms with E-state index < -0.39 is 5.97 Å². The van der Waals surface area contributed by atoms with Crippen molar-refractivity contribution in [3.8, 4) is 5.75 Å². The van der Waals surface area contributed by atoms with Gasteiger partial charge in [-0.05, 0) is 60.0 Å². The van der Waals surface area contributed by atoms with Crippen LogP contribution in [0.25, 0.3) is 6.08 Å². The van der Waals surface area contributed by atoms with Crippen LogP contribution in [-0.4, -0.2) is 29.2 Å². The Kier molecular flexibility index (Phi) is 5.96. The Bertz CT molecular complexity index is 1130. The molecule has 0 unspecified atom stereocenters. The third-order valence-corrected chi connectivity index (χ3v) is 5.18. The fourth-order valence-electron chi connectivity index (χ4n) is 3.30. The summed E-state index contributed by atoms with van der Waals surface area (Å²) < 4.78 is 5.30. The van der Waals surface area contributed by atoms with Gasteiger partial charge in [-0.25, -0.2) is 4.79 Å². The minimum atomic E-state index is -0.492. The number of ether oxygens (including phenoxy) is 1. The standard InChI is InChI=1S/C25H18ClNO4/c26-19-10-5-17(6-11-19)9-14-23(28)31-20-12-7-18(8-13-20)15-16-27-24(29)21-3-1-2-4-22(21)25(27)30/h1-14H,15-16H2. The quantitative estimate of drug-likeness (QED) is 0.243. The Morgan fingerprint density at radius 1 is 0.871 bits per heavy atom. The van der Waals surface area contributed by atoms with Gasteiger partial charge in [0.05, 0.1) is 11.1 Å². The van der Waals surface area contributed by atoms with Crippen molar-refractivity contribution in [3.05, 3.63) is 106 Å². The van der Waals surface area contributed by atoms with Crippen LogP contribution in [0.1, 0.15) is 31.8 Å². The maximum Gasteiger partial charge on any atom is 0.336 e. The molecule has 0 saturated carbocycles. The monoisotopic (exact) mass is 431 g/mol. The molecule has 154 valence electrons. The van der Waals surface area contributed by atoms with E-state index in [-0.39, 0.29) is 18.4 Å². The average Bonchev–Trinajstić information content (AvgIpc) is 3.03. The Morgan fingerprint density at radius 2 is 1.48 bits per heavy atom. The number of hydrogen-bond acceptors (Lipinski definition) is 4. The molecule has 1 aliphatic heterocycles. The first kappa shape index (κ1) is 20.6. The van der Waals surface area contributed by atoms with Gasteiger partial charge in [-0.15, -0.1) is 0 Å². The molecule has 31 heavy (non-hydrogen) atoms. The first-order chi connectivity index (χ1) is 15.0. The SMILES string of the molecule is O=C(C=Cc1ccc(Cl)cc1)Oc1ccc(CCN2C(=O)c3ccccc3C2=O)cc1. The topological polar surface area (TPSA) is 63.7 Å². The number of hydrogen-bond donors (Lipinski definition) is 0. The number of amides is 2. The lowest BCUT2D eigenvalue weighted by Gasteiger charge is -2.13. The zero-order valence-corrected chi connectivity index (χ0v) is 17.2. The molecule has 4 rings (SSSR count). The van der Waals surface area contributed by atoms with Gasteiger partial charge in [0.2, 0.25) is 0 Å². The highest BCUT2D eigenvalue weighted by Gasteiger charge is 2.34. The predicted octanol–water partition coefficient (Wildman–Crippen LogP) is 4.80. The number of carbonyl (C=O) groups excluding carboxylic acids is 3. The largest absolute Gasteiger partial charge is 0.423 e. The maximum absolute atomic E-state index is 12.4. The van der Waals surface area contributed by atoms with Crippen molar-refractivity contribution >= 4 is 35.5 Å². The van der Waals surface area contributed by atoms with Crippen LogP contribution in [0.4, 0.5) is 0 Å². The Labute approximate surface area is 184 Å². The molecular formula is C25H18ClNO4. The lowest BCUT2D eigenvalue weighted by molar-refractivity contribution is -0.128. The summed E-state index contributed by atoms with van der Waals surface area (Å²) in [7, 11) is 0. The van der Waals surface area contributed by atoms with Crippen LogP contribution in [0, 0.1) is 0 Å². The molecule has 0 saturated heterocycles. The van der Waals surface area contributed by atoms with Crippen LogP contribution in [0.15, 0.2) is 78.9 Å². The van der Waals surface area contributed by atoms with E-state index in [0.717, 1.165) is 11.1 Å². The summed E-state index contributed by atoms with van der Waals surface area (Å²) in [5.41, 5.74) is 2.65. The first-order valence-corrected chi connectivity index (χ1v) is 10.1. The zero-order chi connectivity index (χ0) is 21.8. The first-order valence-electron chi connectivity index (χ1n) is 9.71. The molecule has 0 spiro atoms. The second-order valence-electron chi connectivity index (χ2n) is 7.01. The minimum Gasteiger partial charge on any atom is -0.423 e. The highest BCUT2D eigenvalue weighted by molar-refractivity contribution is 6.30. The fraction of sp³-hybridized carbons (Fsp3) is 0.0800. The van der Waals surface area contributed by atoms with E-state index in [9.17, 15) is 14.4 Å². The normalized spacial score (nSPS) is 13.0. The number of carbonyl (C=O) groups is 3. The number of fused-ring (bicyclic) bond motifs is 1. The molecule has 0 aromatic heterocycles. The summed E-state index contributed by atoms with van der Waals surface area (Å²) in [5.74, 6) is -0.610. The van der Waals surface area contributed by atoms with Crippen LogP contribution < -0.4 is 4.74 Å². The molecule has 3 aromatic carbocycles. The van der Waals surface area contributed by atoms with Crippen molar-refractivity contribution in [1.82, 2.24) is 4.90 Å². The Morgan fingerprint density at radius 3 is 2.10 bits per heavy atom. The van der Waals surface area contributed by atoms with E-state index in [4.69, 9.17) is 16.3 Å². The zero-order valence-electron chi connectivity index (χ0n) is 16.5. The van der Waals surface area contributed by atoms with E-state index in [1.807, 2.05) is 12.1 Å². The second-order valence-corrected chi connectivity index (χ2v) is 7.44. The van der Waals surface area contributed by atoms with E-state index in [1.165, 1.54) is 11.0 Å². The van der Waals surface area contributed by atoms with E-state index in [1.54, 1.807) is 66.7 Å². The number of rotatable bonds is 6. The Hall–Kier alpha value is -3.70. The molecule has 2 amide bonds. The van der Waals surface area contributed by atoms with E-state index in [2.05, 4.69) is 0 Å². The number of nitrogens with zero attached hydrogens (tertiary/aromatic N) is 1. The van der Waals surface area contributed by atoms with Gasteiger partial charge in [0.1, 0.15) is 5.75 Å². The third-order valence-electron chi connectivity index (χ3n) is 4.93. The number of halogens is 1. The summed E-state index contributed by atoms with van der Waals surface area (Å²) >= 11 is 5.84. The molecule has 3 aromatic rings. The molecule has 5 nitrogen and oxygen atoms in total. The molecule has 0 N–H and O–H groups in total. The van der Waals surface area contributed by atoms with Crippen molar-refractivity contribution in [3.63, 3.8) is 0 Å². The molecule has 0 radical (unpaired) electrons. The van der Waals surface area contributed by atoms with Crippen LogP contribution in [0.2, 0.25) is 5.02 Å². The van der Waals surface area contributed by atoms with Crippen molar-refractivity contribution in [2.75, 3.05) is 6.54 Å². The van der Waals surface area contributed by atoms with Crippen LogP contribution in [0.5, 0.6) is 5.75 Å². The molecule has 1 heterocycles. The van der Waals surface area contributed by atoms with Gasteiger partial charge >= 0.3 is 5.97 Å². The second kappa shape index (κ2) is 8.98. The Balaban J connectivity index is 1.31. The van der Waals surface area contributed by atoms with Crippen LogP contribution in [-0.2, 0) is 11.2 Å². The lowest BCUT2D eigenvalue weighted by Crippen LogP contribution is -2.31. The molecule has 1 aliphatic rings. The van der Waals surface area contributed by atoms with Gasteiger partial charge < -0.3 is 4.74 Å². The summed E-state index contributed by atoms with van der Waals surface area (Å²) in [5, 5.41) is 0.628. The van der Waals surface area contributed by atoms with Crippen molar-refractivity contribution < 1.29 is 19.1 Å². The van der Waals surface area contributed by atoms with Gasteiger partial charge in [0.25, 0.3) is 11.8 Å². The summed E-state index contributed by atoms with van der Waals surface area (Å²) in [6.07, 6.45) is 3.50. The molecule has 6 heteroatoms. The number of esters is 1. The minimum absolute atomic E-state index is 0.265. The van der Waals surface area contributed by atoms with Gasteiger partial charge in [-0.2, -0.15) is 0 Å². The molecule has 0 bridgehead atoms. The number of benzene rings is 3. The van der Waals surface area contributed by atoms with Gasteiger partial charge in [-0.1, -0.05) is 48.0 Å². The fourth-order valence-corrected chi connectivity index (χ4v) is 3.42. The van der Waals surface area contributed by atoms with Gasteiger partial charge in [0, 0.05) is 17.6 Å². The highest BCUT2D eigenvalue weighted by atomic mass is 35.5. The van der Waals surface area contributed by atoms with Crippen LogP contribution in [0.3, 0.4) is 0 Å². The number of imide groups is 1.